The van der Waals surface area contributed by atoms with E-state index in [1.807, 2.05) is 9.80 Å². The average molecular weight is 624 g/mol. The number of halogens is 4. The highest BCUT2D eigenvalue weighted by Gasteiger charge is 2.50. The number of fused-ring (bicyclic) bond motifs is 3. The molecule has 2 fully saturated rings. The van der Waals surface area contributed by atoms with Crippen LogP contribution in [0.4, 0.5) is 19.0 Å². The summed E-state index contributed by atoms with van der Waals surface area (Å²) in [5.74, 6) is -1.84. The van der Waals surface area contributed by atoms with Crippen molar-refractivity contribution >= 4 is 32.7 Å². The molecule has 0 spiro atoms. The van der Waals surface area contributed by atoms with Gasteiger partial charge in [0, 0.05) is 32.6 Å². The quantitative estimate of drug-likeness (QED) is 0.242. The van der Waals surface area contributed by atoms with Crippen LogP contribution in [0.25, 0.3) is 10.9 Å². The van der Waals surface area contributed by atoms with Crippen LogP contribution < -0.4 is 20.1 Å². The molecule has 14 heteroatoms. The number of benzene rings is 1. The molecule has 3 aliphatic heterocycles. The third-order valence-corrected chi connectivity index (χ3v) is 8.58. The van der Waals surface area contributed by atoms with Crippen molar-refractivity contribution in [2.45, 2.75) is 50.3 Å². The summed E-state index contributed by atoms with van der Waals surface area (Å²) in [7, 11) is 1.29. The summed E-state index contributed by atoms with van der Waals surface area (Å²) in [4.78, 5) is 12.8. The predicted octanol–water partition coefficient (Wildman–Crippen LogP) is 3.36. The summed E-state index contributed by atoms with van der Waals surface area (Å²) in [5.41, 5.74) is 6.91. The molecule has 5 heterocycles. The lowest BCUT2D eigenvalue weighted by molar-refractivity contribution is 0.107. The fourth-order valence-electron chi connectivity index (χ4n) is 6.15. The van der Waals surface area contributed by atoms with Crippen molar-refractivity contribution in [2.75, 3.05) is 38.3 Å². The standard InChI is InChI=1S/C26H29BrF3N7O3/c1-13-7-26(8-14(28)10-36(26)9-13)12-40-25-32-21-17(22(39-2)20(30)18(27)19(21)29)24(33-25)35-4-3-5-37-15(11-35)6-16(34-37)23(31)38/h6,14,23,38H,1,3-5,7-12,31H2,2H3/t14-,23?,26+/m0/s1. The van der Waals surface area contributed by atoms with Gasteiger partial charge in [0.15, 0.2) is 17.4 Å². The Morgan fingerprint density at radius 2 is 2.08 bits per heavy atom. The molecule has 0 aliphatic carbocycles. The summed E-state index contributed by atoms with van der Waals surface area (Å²) in [5, 5.41) is 14.2. The van der Waals surface area contributed by atoms with Crippen LogP contribution in [0.2, 0.25) is 0 Å². The number of alkyl halides is 1. The number of methoxy groups -OCH3 is 1. The third kappa shape index (κ3) is 4.50. The molecule has 0 saturated carbocycles. The summed E-state index contributed by atoms with van der Waals surface area (Å²) in [6.07, 6.45) is -0.726. The fourth-order valence-corrected chi connectivity index (χ4v) is 6.52. The van der Waals surface area contributed by atoms with Gasteiger partial charge in [-0.25, -0.2) is 13.2 Å². The monoisotopic (exact) mass is 623 g/mol. The first-order valence-electron chi connectivity index (χ1n) is 13.0. The molecule has 2 aromatic heterocycles. The maximum absolute atomic E-state index is 15.5. The fraction of sp³-hybridized carbons (Fsp3) is 0.500. The molecule has 3 atom stereocenters. The van der Waals surface area contributed by atoms with Crippen LogP contribution in [0.1, 0.15) is 36.9 Å². The average Bonchev–Trinajstić information content (AvgIpc) is 3.50. The maximum Gasteiger partial charge on any atom is 0.319 e. The van der Waals surface area contributed by atoms with Gasteiger partial charge in [-0.15, -0.1) is 0 Å². The lowest BCUT2D eigenvalue weighted by Gasteiger charge is -2.30. The second kappa shape index (κ2) is 10.2. The maximum atomic E-state index is 15.5. The Bertz CT molecular complexity index is 1500. The van der Waals surface area contributed by atoms with Gasteiger partial charge in [-0.05, 0) is 34.8 Å². The summed E-state index contributed by atoms with van der Waals surface area (Å²) in [6, 6.07) is 1.57. The van der Waals surface area contributed by atoms with E-state index in [2.05, 4.69) is 37.6 Å². The van der Waals surface area contributed by atoms with Crippen LogP contribution >= 0.6 is 15.9 Å². The topological polar surface area (TPSA) is 115 Å². The minimum Gasteiger partial charge on any atom is -0.493 e. The molecule has 3 aromatic rings. The molecule has 1 aromatic carbocycles. The van der Waals surface area contributed by atoms with Crippen molar-refractivity contribution in [3.63, 3.8) is 0 Å². The van der Waals surface area contributed by atoms with Gasteiger partial charge in [-0.1, -0.05) is 12.2 Å². The van der Waals surface area contributed by atoms with Crippen molar-refractivity contribution in [1.82, 2.24) is 24.6 Å². The van der Waals surface area contributed by atoms with E-state index < -0.39 is 34.0 Å². The van der Waals surface area contributed by atoms with Gasteiger partial charge >= 0.3 is 6.01 Å². The Morgan fingerprint density at radius 1 is 1.27 bits per heavy atom. The first-order valence-corrected chi connectivity index (χ1v) is 13.8. The molecule has 0 amide bonds. The van der Waals surface area contributed by atoms with Crippen LogP contribution in [0, 0.1) is 11.6 Å². The Hall–Kier alpha value is -2.94. The van der Waals surface area contributed by atoms with Gasteiger partial charge in [0.25, 0.3) is 0 Å². The molecule has 3 aliphatic rings. The van der Waals surface area contributed by atoms with E-state index in [4.69, 9.17) is 15.2 Å². The zero-order chi connectivity index (χ0) is 28.3. The van der Waals surface area contributed by atoms with E-state index in [9.17, 15) is 9.50 Å². The van der Waals surface area contributed by atoms with Crippen molar-refractivity contribution in [3.05, 3.63) is 45.7 Å². The number of rotatable bonds is 6. The van der Waals surface area contributed by atoms with Crippen molar-refractivity contribution in [3.8, 4) is 11.8 Å². The van der Waals surface area contributed by atoms with Gasteiger partial charge in [-0.2, -0.15) is 15.1 Å². The van der Waals surface area contributed by atoms with Crippen LogP contribution in [-0.2, 0) is 13.1 Å². The normalized spacial score (nSPS) is 23.8. The van der Waals surface area contributed by atoms with E-state index >= 15 is 8.78 Å². The zero-order valence-electron chi connectivity index (χ0n) is 21.8. The number of aryl methyl sites for hydroxylation is 1. The Morgan fingerprint density at radius 3 is 2.83 bits per heavy atom. The lowest BCUT2D eigenvalue weighted by Crippen LogP contribution is -2.43. The van der Waals surface area contributed by atoms with Crippen molar-refractivity contribution in [1.29, 1.82) is 0 Å². The number of aliphatic hydroxyl groups excluding tert-OH is 1. The lowest BCUT2D eigenvalue weighted by atomic mass is 9.93. The smallest absolute Gasteiger partial charge is 0.319 e. The number of aliphatic hydroxyl groups is 1. The molecule has 2 saturated heterocycles. The van der Waals surface area contributed by atoms with Crippen LogP contribution in [-0.4, -0.2) is 74.8 Å². The summed E-state index contributed by atoms with van der Waals surface area (Å²) in [6.45, 7) is 6.32. The van der Waals surface area contributed by atoms with Crippen molar-refractivity contribution in [2.24, 2.45) is 5.73 Å². The number of aromatic nitrogens is 4. The van der Waals surface area contributed by atoms with Crippen molar-refractivity contribution < 1.29 is 27.8 Å². The van der Waals surface area contributed by atoms with Gasteiger partial charge in [0.2, 0.25) is 0 Å². The van der Waals surface area contributed by atoms with E-state index in [1.54, 1.807) is 10.7 Å². The van der Waals surface area contributed by atoms with Crippen LogP contribution in [0.5, 0.6) is 11.8 Å². The number of hydrogen-bond donors (Lipinski definition) is 2. The zero-order valence-corrected chi connectivity index (χ0v) is 23.4. The van der Waals surface area contributed by atoms with Crippen LogP contribution in [0.3, 0.4) is 0 Å². The largest absolute Gasteiger partial charge is 0.493 e. The molecule has 3 N–H and O–H groups in total. The highest BCUT2D eigenvalue weighted by atomic mass is 79.9. The molecule has 40 heavy (non-hydrogen) atoms. The molecule has 1 unspecified atom stereocenters. The van der Waals surface area contributed by atoms with Gasteiger partial charge in [0.1, 0.15) is 36.0 Å². The second-order valence-corrected chi connectivity index (χ2v) is 11.4. The number of nitrogens with zero attached hydrogens (tertiary/aromatic N) is 6. The highest BCUT2D eigenvalue weighted by molar-refractivity contribution is 9.10. The molecule has 214 valence electrons. The summed E-state index contributed by atoms with van der Waals surface area (Å²) < 4.78 is 57.9. The SMILES string of the molecule is C=C1CN2C[C@@H](F)C[C@@]2(COc2nc(N3CCCn4nc(C(N)O)cc4C3)c3c(OC)c(F)c(Br)c(F)c3n2)C1. The first-order chi connectivity index (χ1) is 19.1. The molecule has 0 bridgehead atoms. The number of hydrogen-bond acceptors (Lipinski definition) is 9. The molecular weight excluding hydrogens is 595 g/mol. The van der Waals surface area contributed by atoms with Crippen LogP contribution in [0.15, 0.2) is 22.7 Å². The molecule has 6 rings (SSSR count). The molecular formula is C26H29BrF3N7O3. The minimum absolute atomic E-state index is 0.0545. The highest BCUT2D eigenvalue weighted by Crippen LogP contribution is 2.44. The second-order valence-electron chi connectivity index (χ2n) is 10.7. The van der Waals surface area contributed by atoms with Gasteiger partial charge < -0.3 is 25.2 Å². The number of anilines is 1. The van der Waals surface area contributed by atoms with E-state index in [1.165, 1.54) is 7.11 Å². The van der Waals surface area contributed by atoms with Gasteiger partial charge in [-0.3, -0.25) is 9.58 Å². The summed E-state index contributed by atoms with van der Waals surface area (Å²) >= 11 is 2.98. The molecule has 0 radical (unpaired) electrons. The van der Waals surface area contributed by atoms with E-state index in [0.29, 0.717) is 44.7 Å². The Balaban J connectivity index is 1.44. The van der Waals surface area contributed by atoms with Gasteiger partial charge in [0.05, 0.1) is 34.7 Å². The number of nitrogens with two attached hydrogens (primary N) is 1. The number of ether oxygens (including phenoxy) is 2. The first kappa shape index (κ1) is 27.2. The molecule has 10 nitrogen and oxygen atoms in total. The third-order valence-electron chi connectivity index (χ3n) is 7.88. The predicted molar refractivity (Wildman–Crippen MR) is 144 cm³/mol. The van der Waals surface area contributed by atoms with E-state index in [-0.39, 0.29) is 48.1 Å². The minimum atomic E-state index is -1.24. The van der Waals surface area contributed by atoms with E-state index in [0.717, 1.165) is 11.3 Å². The Labute approximate surface area is 236 Å². The Kier molecular flexibility index (Phi) is 6.92.